The number of ether oxygens (including phenoxy) is 2. The van der Waals surface area contributed by atoms with Crippen molar-refractivity contribution in [3.8, 4) is 0 Å². The second-order valence-electron chi connectivity index (χ2n) is 3.63. The van der Waals surface area contributed by atoms with Crippen molar-refractivity contribution in [2.75, 3.05) is 18.5 Å². The minimum absolute atomic E-state index is 0.0393. The molecule has 0 unspecified atom stereocenters. The summed E-state index contributed by atoms with van der Waals surface area (Å²) in [7, 11) is 0. The zero-order valence-corrected chi connectivity index (χ0v) is 10.9. The first-order valence-electron chi connectivity index (χ1n) is 4.95. The SMILES string of the molecule is OC[C@@H]1CO[C@](CBr)(c2ccc(Cl)cc2)O1. The molecule has 0 amide bonds. The van der Waals surface area contributed by atoms with E-state index in [9.17, 15) is 0 Å². The quantitative estimate of drug-likeness (QED) is 0.871. The molecule has 0 radical (unpaired) electrons. The summed E-state index contributed by atoms with van der Waals surface area (Å²) < 4.78 is 11.4. The van der Waals surface area contributed by atoms with Crippen LogP contribution in [0.3, 0.4) is 0 Å². The van der Waals surface area contributed by atoms with Crippen LogP contribution in [0.15, 0.2) is 24.3 Å². The molecular weight excluding hydrogens is 295 g/mol. The normalized spacial score (nSPS) is 29.6. The number of rotatable bonds is 3. The summed E-state index contributed by atoms with van der Waals surface area (Å²) in [5.41, 5.74) is 0.893. The number of benzene rings is 1. The summed E-state index contributed by atoms with van der Waals surface area (Å²) in [5.74, 6) is -0.808. The van der Waals surface area contributed by atoms with Crippen molar-refractivity contribution >= 4 is 27.5 Å². The Hall–Kier alpha value is -0.130. The molecule has 16 heavy (non-hydrogen) atoms. The second kappa shape index (κ2) is 5.02. The highest BCUT2D eigenvalue weighted by molar-refractivity contribution is 9.09. The Labute approximate surface area is 107 Å². The lowest BCUT2D eigenvalue weighted by Gasteiger charge is -2.26. The highest BCUT2D eigenvalue weighted by atomic mass is 79.9. The summed E-state index contributed by atoms with van der Waals surface area (Å²) in [4.78, 5) is 0. The summed E-state index contributed by atoms with van der Waals surface area (Å²) in [5, 5.41) is 10.2. The van der Waals surface area contributed by atoms with Gasteiger partial charge in [0.15, 0.2) is 0 Å². The second-order valence-corrected chi connectivity index (χ2v) is 4.62. The Morgan fingerprint density at radius 1 is 1.44 bits per heavy atom. The summed E-state index contributed by atoms with van der Waals surface area (Å²) in [6.07, 6.45) is -0.270. The number of alkyl halides is 1. The largest absolute Gasteiger partial charge is 0.394 e. The molecule has 1 N–H and O–H groups in total. The van der Waals surface area contributed by atoms with Gasteiger partial charge >= 0.3 is 0 Å². The molecular formula is C11H12BrClO3. The lowest BCUT2D eigenvalue weighted by atomic mass is 10.1. The van der Waals surface area contributed by atoms with Crippen LogP contribution in [0.5, 0.6) is 0 Å². The van der Waals surface area contributed by atoms with E-state index in [-0.39, 0.29) is 12.7 Å². The van der Waals surface area contributed by atoms with Crippen LogP contribution in [0, 0.1) is 0 Å². The smallest absolute Gasteiger partial charge is 0.205 e. The third-order valence-electron chi connectivity index (χ3n) is 2.52. The summed E-state index contributed by atoms with van der Waals surface area (Å²) in [6, 6.07) is 7.31. The first-order valence-corrected chi connectivity index (χ1v) is 6.45. The number of aliphatic hydroxyl groups is 1. The first kappa shape index (κ1) is 12.3. The van der Waals surface area contributed by atoms with Gasteiger partial charge in [-0.05, 0) is 12.1 Å². The van der Waals surface area contributed by atoms with Crippen molar-refractivity contribution in [1.29, 1.82) is 0 Å². The van der Waals surface area contributed by atoms with E-state index < -0.39 is 5.79 Å². The van der Waals surface area contributed by atoms with Crippen molar-refractivity contribution in [3.05, 3.63) is 34.9 Å². The maximum Gasteiger partial charge on any atom is 0.205 e. The van der Waals surface area contributed by atoms with Gasteiger partial charge in [-0.2, -0.15) is 0 Å². The van der Waals surface area contributed by atoms with Crippen LogP contribution in [0.2, 0.25) is 5.02 Å². The Kier molecular flexibility index (Phi) is 3.87. The number of hydrogen-bond donors (Lipinski definition) is 1. The van der Waals surface area contributed by atoms with Gasteiger partial charge in [0.2, 0.25) is 5.79 Å². The summed E-state index contributed by atoms with van der Waals surface area (Å²) >= 11 is 9.21. The van der Waals surface area contributed by atoms with Gasteiger partial charge in [-0.15, -0.1) is 0 Å². The number of aliphatic hydroxyl groups excluding tert-OH is 1. The van der Waals surface area contributed by atoms with Gasteiger partial charge in [-0.1, -0.05) is 39.7 Å². The Bertz CT molecular complexity index is 357. The molecule has 5 heteroatoms. The molecule has 0 spiro atoms. The van der Waals surface area contributed by atoms with E-state index in [1.807, 2.05) is 12.1 Å². The maximum absolute atomic E-state index is 9.04. The molecule has 0 bridgehead atoms. The molecule has 0 saturated carbocycles. The van der Waals surface area contributed by atoms with E-state index in [1.54, 1.807) is 12.1 Å². The lowest BCUT2D eigenvalue weighted by molar-refractivity contribution is -0.160. The molecule has 1 aromatic rings. The van der Waals surface area contributed by atoms with E-state index in [4.69, 9.17) is 26.2 Å². The Morgan fingerprint density at radius 2 is 2.12 bits per heavy atom. The highest BCUT2D eigenvalue weighted by Crippen LogP contribution is 2.36. The molecule has 3 nitrogen and oxygen atoms in total. The summed E-state index contributed by atoms with van der Waals surface area (Å²) in [6.45, 7) is 0.354. The fraction of sp³-hybridized carbons (Fsp3) is 0.455. The van der Waals surface area contributed by atoms with E-state index in [0.717, 1.165) is 5.56 Å². The fourth-order valence-electron chi connectivity index (χ4n) is 1.66. The topological polar surface area (TPSA) is 38.7 Å². The van der Waals surface area contributed by atoms with Crippen LogP contribution >= 0.6 is 27.5 Å². The van der Waals surface area contributed by atoms with Crippen LogP contribution < -0.4 is 0 Å². The third-order valence-corrected chi connectivity index (χ3v) is 3.51. The maximum atomic E-state index is 9.04. The molecule has 1 heterocycles. The van der Waals surface area contributed by atoms with Crippen LogP contribution in [0.1, 0.15) is 5.56 Å². The van der Waals surface area contributed by atoms with Gasteiger partial charge < -0.3 is 14.6 Å². The van der Waals surface area contributed by atoms with Gasteiger partial charge in [-0.3, -0.25) is 0 Å². The van der Waals surface area contributed by atoms with E-state index in [2.05, 4.69) is 15.9 Å². The van der Waals surface area contributed by atoms with Gasteiger partial charge in [0.05, 0.1) is 18.5 Å². The molecule has 2 atom stereocenters. The average molecular weight is 308 g/mol. The van der Waals surface area contributed by atoms with Crippen LogP contribution in [0.25, 0.3) is 0 Å². The van der Waals surface area contributed by atoms with E-state index in [0.29, 0.717) is 17.0 Å². The minimum Gasteiger partial charge on any atom is -0.394 e. The van der Waals surface area contributed by atoms with Crippen LogP contribution in [-0.4, -0.2) is 29.8 Å². The molecule has 1 saturated heterocycles. The minimum atomic E-state index is -0.808. The zero-order chi connectivity index (χ0) is 11.6. The molecule has 1 fully saturated rings. The molecule has 0 aromatic heterocycles. The zero-order valence-electron chi connectivity index (χ0n) is 8.53. The molecule has 1 aliphatic heterocycles. The number of halogens is 2. The van der Waals surface area contributed by atoms with Gasteiger partial charge in [-0.25, -0.2) is 0 Å². The van der Waals surface area contributed by atoms with Gasteiger partial charge in [0.25, 0.3) is 0 Å². The monoisotopic (exact) mass is 306 g/mol. The Morgan fingerprint density at radius 3 is 2.62 bits per heavy atom. The standard InChI is InChI=1S/C11H12BrClO3/c12-7-11(15-6-10(5-14)16-11)8-1-3-9(13)4-2-8/h1-4,10,14H,5-7H2/t10-,11+/m1/s1. The fourth-order valence-corrected chi connectivity index (χ4v) is 2.40. The third kappa shape index (κ3) is 2.26. The highest BCUT2D eigenvalue weighted by Gasteiger charge is 2.42. The molecule has 0 aliphatic carbocycles. The molecule has 1 aromatic carbocycles. The first-order chi connectivity index (χ1) is 7.70. The van der Waals surface area contributed by atoms with Crippen molar-refractivity contribution in [1.82, 2.24) is 0 Å². The molecule has 88 valence electrons. The van der Waals surface area contributed by atoms with Crippen molar-refractivity contribution in [3.63, 3.8) is 0 Å². The molecule has 1 aliphatic rings. The van der Waals surface area contributed by atoms with Crippen molar-refractivity contribution in [2.45, 2.75) is 11.9 Å². The van der Waals surface area contributed by atoms with Gasteiger partial charge in [0.1, 0.15) is 6.10 Å². The van der Waals surface area contributed by atoms with E-state index >= 15 is 0 Å². The van der Waals surface area contributed by atoms with Crippen molar-refractivity contribution < 1.29 is 14.6 Å². The predicted molar refractivity (Wildman–Crippen MR) is 64.8 cm³/mol. The number of hydrogen-bond acceptors (Lipinski definition) is 3. The van der Waals surface area contributed by atoms with E-state index in [1.165, 1.54) is 0 Å². The predicted octanol–water partition coefficient (Wildman–Crippen LogP) is 2.30. The van der Waals surface area contributed by atoms with Crippen molar-refractivity contribution in [2.24, 2.45) is 0 Å². The average Bonchev–Trinajstić information content (AvgIpc) is 2.75. The molecule has 2 rings (SSSR count). The Balaban J connectivity index is 2.25. The van der Waals surface area contributed by atoms with Crippen LogP contribution in [0.4, 0.5) is 0 Å². The van der Waals surface area contributed by atoms with Crippen LogP contribution in [-0.2, 0) is 15.3 Å². The lowest BCUT2D eigenvalue weighted by Crippen LogP contribution is -2.30. The van der Waals surface area contributed by atoms with Gasteiger partial charge in [0, 0.05) is 10.6 Å².